The number of nitrogens with zero attached hydrogens (tertiary/aromatic N) is 1. The highest BCUT2D eigenvalue weighted by Crippen LogP contribution is 2.53. The summed E-state index contributed by atoms with van der Waals surface area (Å²) in [6.45, 7) is 14.7. The molecular weight excluding hydrogens is 248 g/mol. The van der Waals surface area contributed by atoms with Gasteiger partial charge in [-0.3, -0.25) is 0 Å². The highest BCUT2D eigenvalue weighted by atomic mass is 28.3. The molecule has 1 fully saturated rings. The van der Waals surface area contributed by atoms with Crippen LogP contribution < -0.4 is 4.98 Å². The maximum atomic E-state index is 4.45. The number of aromatic nitrogens is 1. The standard InChI is InChI=1S/C16H28N2Si/c1-11-12(2)14(4)16(13(11)3)19(5,6)18-15-9-7-8-10-17-15/h7-14,16H,1-6H3,(H,17,18). The maximum absolute atomic E-state index is 4.45. The Bertz CT molecular complexity index is 404. The lowest BCUT2D eigenvalue weighted by Crippen LogP contribution is -2.45. The quantitative estimate of drug-likeness (QED) is 0.814. The van der Waals surface area contributed by atoms with Gasteiger partial charge < -0.3 is 4.98 Å². The Hall–Kier alpha value is -0.833. The second kappa shape index (κ2) is 5.27. The topological polar surface area (TPSA) is 24.9 Å². The summed E-state index contributed by atoms with van der Waals surface area (Å²) in [5.74, 6) is 4.33. The summed E-state index contributed by atoms with van der Waals surface area (Å²) in [4.78, 5) is 8.24. The van der Waals surface area contributed by atoms with Crippen LogP contribution in [0.4, 0.5) is 5.82 Å². The third-order valence-corrected chi connectivity index (χ3v) is 9.19. The smallest absolute Gasteiger partial charge is 0.152 e. The first-order valence-electron chi connectivity index (χ1n) is 7.54. The van der Waals surface area contributed by atoms with Gasteiger partial charge in [0.25, 0.3) is 0 Å². The van der Waals surface area contributed by atoms with E-state index in [4.69, 9.17) is 0 Å². The van der Waals surface area contributed by atoms with E-state index in [-0.39, 0.29) is 0 Å². The van der Waals surface area contributed by atoms with Crippen LogP contribution in [-0.2, 0) is 0 Å². The second-order valence-electron chi connectivity index (χ2n) is 7.02. The van der Waals surface area contributed by atoms with Gasteiger partial charge in [-0.1, -0.05) is 46.9 Å². The van der Waals surface area contributed by atoms with Crippen molar-refractivity contribution in [3.8, 4) is 0 Å². The molecule has 2 rings (SSSR count). The van der Waals surface area contributed by atoms with Gasteiger partial charge in [-0.25, -0.2) is 4.98 Å². The van der Waals surface area contributed by atoms with Crippen molar-refractivity contribution >= 4 is 14.1 Å². The van der Waals surface area contributed by atoms with Crippen molar-refractivity contribution in [3.63, 3.8) is 0 Å². The van der Waals surface area contributed by atoms with E-state index in [1.54, 1.807) is 0 Å². The van der Waals surface area contributed by atoms with Gasteiger partial charge in [-0.15, -0.1) is 0 Å². The molecule has 106 valence electrons. The van der Waals surface area contributed by atoms with E-state index in [2.05, 4.69) is 62.9 Å². The molecule has 0 aromatic carbocycles. The van der Waals surface area contributed by atoms with Gasteiger partial charge in [0.2, 0.25) is 0 Å². The molecule has 1 aromatic heterocycles. The van der Waals surface area contributed by atoms with Crippen LogP contribution in [0.2, 0.25) is 18.6 Å². The van der Waals surface area contributed by atoms with Crippen molar-refractivity contribution in [2.75, 3.05) is 4.98 Å². The Balaban J connectivity index is 2.20. The summed E-state index contributed by atoms with van der Waals surface area (Å²) in [7, 11) is -1.53. The zero-order valence-corrected chi connectivity index (χ0v) is 14.1. The summed E-state index contributed by atoms with van der Waals surface area (Å²) in [6, 6.07) is 6.13. The zero-order valence-electron chi connectivity index (χ0n) is 13.1. The van der Waals surface area contributed by atoms with Gasteiger partial charge in [0, 0.05) is 6.20 Å². The fourth-order valence-electron chi connectivity index (χ4n) is 4.26. The second-order valence-corrected chi connectivity index (χ2v) is 11.4. The molecule has 1 aromatic rings. The van der Waals surface area contributed by atoms with Gasteiger partial charge in [-0.2, -0.15) is 0 Å². The average molecular weight is 277 g/mol. The van der Waals surface area contributed by atoms with Gasteiger partial charge in [-0.05, 0) is 41.3 Å². The van der Waals surface area contributed by atoms with Gasteiger partial charge in [0.15, 0.2) is 8.24 Å². The lowest BCUT2D eigenvalue weighted by molar-refractivity contribution is 0.352. The minimum Gasteiger partial charge on any atom is -0.395 e. The maximum Gasteiger partial charge on any atom is 0.152 e. The first kappa shape index (κ1) is 14.6. The van der Waals surface area contributed by atoms with E-state index in [1.165, 1.54) is 0 Å². The number of anilines is 1. The third-order valence-electron chi connectivity index (χ3n) is 5.57. The van der Waals surface area contributed by atoms with E-state index in [0.29, 0.717) is 0 Å². The molecule has 1 saturated carbocycles. The van der Waals surface area contributed by atoms with Crippen molar-refractivity contribution < 1.29 is 0 Å². The van der Waals surface area contributed by atoms with Crippen molar-refractivity contribution in [1.82, 2.24) is 4.98 Å². The fourth-order valence-corrected chi connectivity index (χ4v) is 8.47. The summed E-state index contributed by atoms with van der Waals surface area (Å²) >= 11 is 0. The molecule has 4 unspecified atom stereocenters. The van der Waals surface area contributed by atoms with E-state index >= 15 is 0 Å². The Morgan fingerprint density at radius 1 is 0.947 bits per heavy atom. The largest absolute Gasteiger partial charge is 0.395 e. The molecule has 0 aliphatic heterocycles. The minimum atomic E-state index is -1.53. The number of pyridine rings is 1. The summed E-state index contributed by atoms with van der Waals surface area (Å²) in [6.07, 6.45) is 1.87. The number of hydrogen-bond donors (Lipinski definition) is 1. The lowest BCUT2D eigenvalue weighted by atomic mass is 9.92. The normalized spacial score (nSPS) is 35.4. The van der Waals surface area contributed by atoms with Crippen LogP contribution >= 0.6 is 0 Å². The molecule has 0 bridgehead atoms. The number of hydrogen-bond acceptors (Lipinski definition) is 2. The van der Waals surface area contributed by atoms with Crippen LogP contribution in [0.15, 0.2) is 24.4 Å². The Labute approximate surface area is 119 Å². The molecule has 1 aliphatic carbocycles. The summed E-state index contributed by atoms with van der Waals surface area (Å²) < 4.78 is 0. The van der Waals surface area contributed by atoms with Crippen molar-refractivity contribution in [3.05, 3.63) is 24.4 Å². The highest BCUT2D eigenvalue weighted by molar-refractivity contribution is 6.81. The van der Waals surface area contributed by atoms with Crippen molar-refractivity contribution in [1.29, 1.82) is 0 Å². The van der Waals surface area contributed by atoms with Crippen LogP contribution in [0.1, 0.15) is 27.7 Å². The molecule has 4 atom stereocenters. The van der Waals surface area contributed by atoms with Crippen LogP contribution in [0.3, 0.4) is 0 Å². The first-order valence-corrected chi connectivity index (χ1v) is 10.6. The minimum absolute atomic E-state index is 0.808. The molecule has 0 spiro atoms. The molecule has 1 heterocycles. The predicted octanol–water partition coefficient (Wildman–Crippen LogP) is 4.63. The van der Waals surface area contributed by atoms with Crippen LogP contribution in [0.5, 0.6) is 0 Å². The number of rotatable bonds is 3. The van der Waals surface area contributed by atoms with Gasteiger partial charge >= 0.3 is 0 Å². The molecule has 1 N–H and O–H groups in total. The molecule has 1 aliphatic rings. The zero-order chi connectivity index (χ0) is 14.2. The third kappa shape index (κ3) is 2.71. The van der Waals surface area contributed by atoms with Crippen LogP contribution in [0.25, 0.3) is 0 Å². The monoisotopic (exact) mass is 276 g/mol. The fraction of sp³-hybridized carbons (Fsp3) is 0.688. The molecule has 0 amide bonds. The Kier molecular flexibility index (Phi) is 4.05. The highest BCUT2D eigenvalue weighted by Gasteiger charge is 2.49. The lowest BCUT2D eigenvalue weighted by Gasteiger charge is -2.37. The SMILES string of the molecule is CC1C(C)C(C)C([Si](C)(C)Nc2ccccn2)C1C. The molecule has 0 radical (unpaired) electrons. The van der Waals surface area contributed by atoms with Gasteiger partial charge in [0.05, 0.1) is 0 Å². The Morgan fingerprint density at radius 2 is 1.53 bits per heavy atom. The van der Waals surface area contributed by atoms with Crippen molar-refractivity contribution in [2.45, 2.75) is 46.3 Å². The molecule has 3 heteroatoms. The molecule has 0 saturated heterocycles. The van der Waals surface area contributed by atoms with E-state index in [1.807, 2.05) is 12.3 Å². The predicted molar refractivity (Wildman–Crippen MR) is 85.7 cm³/mol. The first-order chi connectivity index (χ1) is 8.84. The van der Waals surface area contributed by atoms with Crippen LogP contribution in [0, 0.1) is 23.7 Å². The van der Waals surface area contributed by atoms with Crippen LogP contribution in [-0.4, -0.2) is 13.2 Å². The van der Waals surface area contributed by atoms with Crippen molar-refractivity contribution in [2.24, 2.45) is 23.7 Å². The Morgan fingerprint density at radius 3 is 2.00 bits per heavy atom. The summed E-state index contributed by atoms with van der Waals surface area (Å²) in [5.41, 5.74) is 0.819. The van der Waals surface area contributed by atoms with Gasteiger partial charge in [0.1, 0.15) is 5.82 Å². The van der Waals surface area contributed by atoms with E-state index < -0.39 is 8.24 Å². The summed E-state index contributed by atoms with van der Waals surface area (Å²) in [5, 5.41) is 0. The van der Waals surface area contributed by atoms with E-state index in [0.717, 1.165) is 35.0 Å². The average Bonchev–Trinajstić information content (AvgIpc) is 2.55. The van der Waals surface area contributed by atoms with E-state index in [9.17, 15) is 0 Å². The molecule has 19 heavy (non-hydrogen) atoms. The molecular formula is C16H28N2Si. The molecule has 2 nitrogen and oxygen atoms in total. The number of nitrogens with one attached hydrogen (secondary N) is 1.